The molecule has 2 aromatic carbocycles. The van der Waals surface area contributed by atoms with E-state index in [9.17, 15) is 18.0 Å². The summed E-state index contributed by atoms with van der Waals surface area (Å²) < 4.78 is 37.9. The molecule has 1 heterocycles. The highest BCUT2D eigenvalue weighted by Gasteiger charge is 2.41. The molecule has 0 aromatic heterocycles. The third-order valence-electron chi connectivity index (χ3n) is 5.53. The van der Waals surface area contributed by atoms with Gasteiger partial charge in [-0.3, -0.25) is 9.59 Å². The fourth-order valence-electron chi connectivity index (χ4n) is 3.68. The van der Waals surface area contributed by atoms with Crippen LogP contribution in [0.4, 0.5) is 0 Å². The zero-order valence-corrected chi connectivity index (χ0v) is 19.7. The van der Waals surface area contributed by atoms with Crippen LogP contribution in [0.3, 0.4) is 0 Å². The summed E-state index contributed by atoms with van der Waals surface area (Å²) >= 11 is 0. The Hall–Kier alpha value is -2.97. The molecule has 2 atom stereocenters. The van der Waals surface area contributed by atoms with Gasteiger partial charge in [0.15, 0.2) is 0 Å². The zero-order valence-electron chi connectivity index (χ0n) is 18.8. The number of carbonyl (C=O) groups is 2. The van der Waals surface area contributed by atoms with Crippen molar-refractivity contribution in [1.29, 1.82) is 0 Å². The fraction of sp³-hybridized carbons (Fsp3) is 0.360. The van der Waals surface area contributed by atoms with Gasteiger partial charge in [0.05, 0.1) is 12.0 Å². The van der Waals surface area contributed by atoms with Crippen LogP contribution in [0.2, 0.25) is 0 Å². The van der Waals surface area contributed by atoms with Crippen molar-refractivity contribution >= 4 is 28.0 Å². The summed E-state index contributed by atoms with van der Waals surface area (Å²) in [6, 6.07) is 15.1. The highest BCUT2D eigenvalue weighted by Crippen LogP contribution is 2.27. The summed E-state index contributed by atoms with van der Waals surface area (Å²) in [5.74, 6) is -1.02. The third kappa shape index (κ3) is 6.52. The normalized spacial score (nSPS) is 17.7. The maximum absolute atomic E-state index is 13.2. The van der Waals surface area contributed by atoms with E-state index in [-0.39, 0.29) is 24.3 Å². The maximum atomic E-state index is 13.2. The van der Waals surface area contributed by atoms with Gasteiger partial charge >= 0.3 is 11.9 Å². The number of aryl methyl sites for hydroxylation is 1. The van der Waals surface area contributed by atoms with Crippen LogP contribution >= 0.6 is 0 Å². The van der Waals surface area contributed by atoms with E-state index in [0.29, 0.717) is 12.8 Å². The molecule has 8 heteroatoms. The van der Waals surface area contributed by atoms with Crippen molar-refractivity contribution in [3.63, 3.8) is 0 Å². The van der Waals surface area contributed by atoms with Crippen LogP contribution in [0.1, 0.15) is 36.8 Å². The van der Waals surface area contributed by atoms with Crippen molar-refractivity contribution in [2.24, 2.45) is 0 Å². The van der Waals surface area contributed by atoms with E-state index < -0.39 is 34.1 Å². The number of ether oxygens (including phenoxy) is 2. The van der Waals surface area contributed by atoms with Crippen molar-refractivity contribution in [2.75, 3.05) is 13.7 Å². The van der Waals surface area contributed by atoms with E-state index in [1.54, 1.807) is 30.3 Å². The molecule has 0 amide bonds. The second-order valence-electron chi connectivity index (χ2n) is 7.95. The van der Waals surface area contributed by atoms with Crippen LogP contribution < -0.4 is 0 Å². The van der Waals surface area contributed by atoms with Gasteiger partial charge in [0.2, 0.25) is 10.0 Å². The number of hydrogen-bond acceptors (Lipinski definition) is 6. The molecule has 7 nitrogen and oxygen atoms in total. The molecule has 33 heavy (non-hydrogen) atoms. The molecule has 0 unspecified atom stereocenters. The van der Waals surface area contributed by atoms with Crippen molar-refractivity contribution in [1.82, 2.24) is 4.31 Å². The van der Waals surface area contributed by atoms with Crippen LogP contribution in [-0.2, 0) is 29.1 Å². The molecule has 0 saturated carbocycles. The monoisotopic (exact) mass is 471 g/mol. The first-order valence-corrected chi connectivity index (χ1v) is 12.3. The van der Waals surface area contributed by atoms with Crippen molar-refractivity contribution in [3.05, 3.63) is 71.8 Å². The average Bonchev–Trinajstić information content (AvgIpc) is 3.32. The van der Waals surface area contributed by atoms with Gasteiger partial charge in [0, 0.05) is 13.0 Å². The van der Waals surface area contributed by atoms with E-state index >= 15 is 0 Å². The highest BCUT2D eigenvalue weighted by molar-refractivity contribution is 7.89. The average molecular weight is 472 g/mol. The van der Waals surface area contributed by atoms with Gasteiger partial charge < -0.3 is 9.47 Å². The number of nitrogens with zero attached hydrogens (tertiary/aromatic N) is 1. The molecule has 0 N–H and O–H groups in total. The second-order valence-corrected chi connectivity index (χ2v) is 9.84. The Morgan fingerprint density at radius 3 is 2.48 bits per heavy atom. The van der Waals surface area contributed by atoms with Gasteiger partial charge in [0.1, 0.15) is 12.1 Å². The lowest BCUT2D eigenvalue weighted by Gasteiger charge is -2.24. The number of carbonyl (C=O) groups excluding carboxylic acids is 2. The van der Waals surface area contributed by atoms with E-state index in [1.807, 2.05) is 43.3 Å². The largest absolute Gasteiger partial charge is 0.469 e. The van der Waals surface area contributed by atoms with Crippen molar-refractivity contribution in [3.8, 4) is 0 Å². The molecule has 0 radical (unpaired) electrons. The third-order valence-corrected chi connectivity index (χ3v) is 7.46. The summed E-state index contributed by atoms with van der Waals surface area (Å²) in [5.41, 5.74) is 1.87. The van der Waals surface area contributed by atoms with Crippen molar-refractivity contribution in [2.45, 2.75) is 49.6 Å². The topological polar surface area (TPSA) is 90.0 Å². The summed E-state index contributed by atoms with van der Waals surface area (Å²) in [5, 5.41) is 0. The Balaban J connectivity index is 1.75. The first kappa shape index (κ1) is 24.7. The first-order valence-electron chi connectivity index (χ1n) is 10.9. The molecule has 1 saturated heterocycles. The minimum Gasteiger partial charge on any atom is -0.469 e. The number of sulfonamides is 1. The molecular formula is C25H29NO6S. The Morgan fingerprint density at radius 2 is 1.82 bits per heavy atom. The molecule has 2 aromatic rings. The number of rotatable bonds is 9. The maximum Gasteiger partial charge on any atom is 0.325 e. The molecular weight excluding hydrogens is 442 g/mol. The number of methoxy groups -OCH3 is 1. The van der Waals surface area contributed by atoms with Gasteiger partial charge in [-0.15, -0.1) is 0 Å². The quantitative estimate of drug-likeness (QED) is 0.518. The molecule has 1 fully saturated rings. The van der Waals surface area contributed by atoms with Crippen LogP contribution in [0, 0.1) is 6.92 Å². The Morgan fingerprint density at radius 1 is 1.12 bits per heavy atom. The SMILES string of the molecule is COC(=O)CC[C@@H](/C=C/c1ccccc1)OC(=O)[C@@H]1CCCN1S(=O)(=O)c1ccc(C)cc1. The Bertz CT molecular complexity index is 1080. The van der Waals surface area contributed by atoms with Gasteiger partial charge in [0.25, 0.3) is 0 Å². The molecule has 3 rings (SSSR count). The van der Waals surface area contributed by atoms with E-state index in [0.717, 1.165) is 11.1 Å². The number of hydrogen-bond donors (Lipinski definition) is 0. The van der Waals surface area contributed by atoms with Crippen molar-refractivity contribution < 1.29 is 27.5 Å². The summed E-state index contributed by atoms with van der Waals surface area (Å²) in [6.45, 7) is 2.13. The van der Waals surface area contributed by atoms with E-state index in [1.165, 1.54) is 11.4 Å². The number of esters is 2. The Kier molecular flexibility index (Phi) is 8.41. The molecule has 1 aliphatic heterocycles. The first-order chi connectivity index (χ1) is 15.8. The fourth-order valence-corrected chi connectivity index (χ4v) is 5.32. The Labute approximate surface area is 195 Å². The molecule has 0 spiro atoms. The smallest absolute Gasteiger partial charge is 0.325 e. The van der Waals surface area contributed by atoms with Gasteiger partial charge in [-0.05, 0) is 50.0 Å². The van der Waals surface area contributed by atoms with Crippen LogP contribution in [-0.4, -0.2) is 50.5 Å². The summed E-state index contributed by atoms with van der Waals surface area (Å²) in [4.78, 5) is 24.8. The van der Waals surface area contributed by atoms with Gasteiger partial charge in [-0.1, -0.05) is 54.1 Å². The van der Waals surface area contributed by atoms with Crippen LogP contribution in [0.15, 0.2) is 65.6 Å². The minimum atomic E-state index is -3.83. The van der Waals surface area contributed by atoms with E-state index in [2.05, 4.69) is 0 Å². The molecule has 0 aliphatic carbocycles. The predicted octanol–water partition coefficient (Wildman–Crippen LogP) is 3.73. The lowest BCUT2D eigenvalue weighted by molar-refractivity contribution is -0.152. The second kappa shape index (κ2) is 11.2. The predicted molar refractivity (Wildman–Crippen MR) is 125 cm³/mol. The number of benzene rings is 2. The highest BCUT2D eigenvalue weighted by atomic mass is 32.2. The van der Waals surface area contributed by atoms with Crippen LogP contribution in [0.5, 0.6) is 0 Å². The summed E-state index contributed by atoms with van der Waals surface area (Å²) in [7, 11) is -2.53. The van der Waals surface area contributed by atoms with Crippen LogP contribution in [0.25, 0.3) is 6.08 Å². The molecule has 0 bridgehead atoms. The molecule has 176 valence electrons. The molecule has 1 aliphatic rings. The lowest BCUT2D eigenvalue weighted by Crippen LogP contribution is -2.42. The summed E-state index contributed by atoms with van der Waals surface area (Å²) in [6.07, 6.45) is 4.09. The lowest BCUT2D eigenvalue weighted by atomic mass is 10.1. The minimum absolute atomic E-state index is 0.0730. The zero-order chi connectivity index (χ0) is 23.8. The van der Waals surface area contributed by atoms with Gasteiger partial charge in [-0.2, -0.15) is 4.31 Å². The van der Waals surface area contributed by atoms with Gasteiger partial charge in [-0.25, -0.2) is 8.42 Å². The standard InChI is InChI=1S/C25H29NO6S/c1-19-10-15-22(16-11-19)33(29,30)26-18-6-9-23(26)25(28)32-21(14-17-24(27)31-2)13-12-20-7-4-3-5-8-20/h3-5,7-8,10-13,15-16,21,23H,6,9,14,17-18H2,1-2H3/b13-12+/t21-,23+/m1/s1. The van der Waals surface area contributed by atoms with E-state index in [4.69, 9.17) is 9.47 Å².